The summed E-state index contributed by atoms with van der Waals surface area (Å²) in [6.45, 7) is 28.6. The minimum Gasteiger partial charge on any atom is -0.0623 e. The molecule has 0 bridgehead atoms. The van der Waals surface area contributed by atoms with Gasteiger partial charge >= 0.3 is 0 Å². The van der Waals surface area contributed by atoms with Gasteiger partial charge in [0, 0.05) is 0 Å². The lowest BCUT2D eigenvalue weighted by Gasteiger charge is -2.39. The quantitative estimate of drug-likeness (QED) is 0.148. The summed E-state index contributed by atoms with van der Waals surface area (Å²) in [5.74, 6) is 0. The topological polar surface area (TPSA) is 0 Å². The smallest absolute Gasteiger partial charge is 0.0623 e. The Labute approximate surface area is 345 Å². The van der Waals surface area contributed by atoms with E-state index in [0.29, 0.717) is 0 Å². The molecule has 0 amide bonds. The zero-order valence-electron chi connectivity index (χ0n) is 36.5. The highest BCUT2D eigenvalue weighted by atomic mass is 28.3. The molecule has 1 heterocycles. The Morgan fingerprint density at radius 1 is 0.263 bits per heavy atom. The molecular weight excluding hydrogens is 701 g/mol. The van der Waals surface area contributed by atoms with Crippen molar-refractivity contribution in [3.63, 3.8) is 0 Å². The molecular formula is C56H62Si. The maximum Gasteiger partial charge on any atom is 0.182 e. The van der Waals surface area contributed by atoms with E-state index in [1.165, 1.54) is 76.4 Å². The molecule has 1 aliphatic heterocycles. The van der Waals surface area contributed by atoms with Gasteiger partial charge in [-0.25, -0.2) is 0 Å². The molecule has 1 aliphatic rings. The first-order chi connectivity index (χ1) is 26.9. The molecule has 0 aliphatic carbocycles. The van der Waals surface area contributed by atoms with Gasteiger partial charge in [-0.2, -0.15) is 0 Å². The van der Waals surface area contributed by atoms with E-state index < -0.39 is 8.07 Å². The monoisotopic (exact) mass is 762 g/mol. The first-order valence-electron chi connectivity index (χ1n) is 20.9. The van der Waals surface area contributed by atoms with Crippen molar-refractivity contribution in [3.05, 3.63) is 202 Å². The lowest BCUT2D eigenvalue weighted by molar-refractivity contribution is 0.587. The maximum atomic E-state index is 2.45. The molecule has 0 nitrogen and oxygen atoms in total. The van der Waals surface area contributed by atoms with Crippen molar-refractivity contribution in [1.82, 2.24) is 0 Å². The highest BCUT2D eigenvalue weighted by Crippen LogP contribution is 2.59. The Balaban J connectivity index is 1.92. The van der Waals surface area contributed by atoms with E-state index in [0.717, 1.165) is 0 Å². The number of benzene rings is 6. The predicted molar refractivity (Wildman–Crippen MR) is 252 cm³/mol. The molecule has 0 radical (unpaired) electrons. The SMILES string of the molecule is CC(C)(C)c1ccccc1C1=C(c2ccccc2C(C)(C)C)[Si](c2ccccc2)(c2ccccc2)C(c2ccccc2C(C)(C)C)=C1c1ccccc1C(C)(C)C. The van der Waals surface area contributed by atoms with Crippen LogP contribution in [0.1, 0.15) is 128 Å². The highest BCUT2D eigenvalue weighted by Gasteiger charge is 2.55. The van der Waals surface area contributed by atoms with Crippen molar-refractivity contribution in [2.24, 2.45) is 0 Å². The van der Waals surface area contributed by atoms with E-state index in [1.54, 1.807) is 0 Å². The fourth-order valence-corrected chi connectivity index (χ4v) is 15.1. The summed E-state index contributed by atoms with van der Waals surface area (Å²) in [5, 5.41) is 5.78. The van der Waals surface area contributed by atoms with Gasteiger partial charge in [-0.3, -0.25) is 0 Å². The van der Waals surface area contributed by atoms with Gasteiger partial charge in [0.2, 0.25) is 0 Å². The standard InChI is InChI=1S/C56H62Si/c1-53(2,3)45-35-23-19-31-41(45)49-50(42-32-20-24-36-46(42)54(4,5)6)52(44-34-22-26-38-48(44)56(10,11)12)57(39-27-15-13-16-28-39,40-29-17-14-18-30-40)51(49)43-33-21-25-37-47(43)55(7,8)9/h13-38H,1-12H3. The summed E-state index contributed by atoms with van der Waals surface area (Å²) in [5.41, 5.74) is 13.2. The molecule has 0 N–H and O–H groups in total. The number of rotatable bonds is 6. The van der Waals surface area contributed by atoms with Crippen LogP contribution in [0.5, 0.6) is 0 Å². The van der Waals surface area contributed by atoms with Crippen LogP contribution < -0.4 is 10.4 Å². The third-order valence-electron chi connectivity index (χ3n) is 11.9. The maximum absolute atomic E-state index is 3.24. The van der Waals surface area contributed by atoms with Crippen LogP contribution in [0.2, 0.25) is 0 Å². The van der Waals surface area contributed by atoms with Crippen LogP contribution in [0.3, 0.4) is 0 Å². The number of hydrogen-bond donors (Lipinski definition) is 0. The van der Waals surface area contributed by atoms with Gasteiger partial charge < -0.3 is 0 Å². The van der Waals surface area contributed by atoms with E-state index in [-0.39, 0.29) is 21.7 Å². The third-order valence-corrected chi connectivity index (χ3v) is 16.9. The normalized spacial score (nSPS) is 15.0. The summed E-state index contributed by atoms with van der Waals surface area (Å²) in [6, 6.07) is 60.7. The van der Waals surface area contributed by atoms with E-state index in [9.17, 15) is 0 Å². The molecule has 0 saturated heterocycles. The van der Waals surface area contributed by atoms with Gasteiger partial charge in [-0.15, -0.1) is 0 Å². The van der Waals surface area contributed by atoms with E-state index in [4.69, 9.17) is 0 Å². The second kappa shape index (κ2) is 14.8. The zero-order valence-corrected chi connectivity index (χ0v) is 37.5. The van der Waals surface area contributed by atoms with Crippen LogP contribution in [-0.4, -0.2) is 8.07 Å². The lowest BCUT2D eigenvalue weighted by Crippen LogP contribution is -2.60. The summed E-state index contributed by atoms with van der Waals surface area (Å²) in [6.07, 6.45) is 0. The van der Waals surface area contributed by atoms with Crippen molar-refractivity contribution in [1.29, 1.82) is 0 Å². The van der Waals surface area contributed by atoms with Gasteiger partial charge in [0.1, 0.15) is 0 Å². The van der Waals surface area contributed by atoms with Crippen molar-refractivity contribution >= 4 is 40.0 Å². The summed E-state index contributed by atoms with van der Waals surface area (Å²) in [4.78, 5) is 0. The minimum absolute atomic E-state index is 0.108. The molecule has 6 aromatic rings. The first-order valence-corrected chi connectivity index (χ1v) is 22.9. The van der Waals surface area contributed by atoms with Crippen molar-refractivity contribution < 1.29 is 0 Å². The lowest BCUT2D eigenvalue weighted by atomic mass is 9.74. The summed E-state index contributed by atoms with van der Waals surface area (Å²) >= 11 is 0. The van der Waals surface area contributed by atoms with Gasteiger partial charge in [-0.05, 0) is 98.1 Å². The molecule has 6 aromatic carbocycles. The van der Waals surface area contributed by atoms with Crippen LogP contribution >= 0.6 is 0 Å². The Bertz CT molecular complexity index is 2290. The molecule has 7 rings (SSSR count). The largest absolute Gasteiger partial charge is 0.182 e. The van der Waals surface area contributed by atoms with Crippen LogP contribution in [0.15, 0.2) is 158 Å². The Kier molecular flexibility index (Phi) is 10.4. The fraction of sp³-hybridized carbons (Fsp3) is 0.286. The summed E-state index contributed by atoms with van der Waals surface area (Å²) in [7, 11) is -3.24. The zero-order chi connectivity index (χ0) is 41.0. The van der Waals surface area contributed by atoms with Crippen molar-refractivity contribution in [3.8, 4) is 0 Å². The molecule has 0 saturated carbocycles. The molecule has 290 valence electrons. The molecule has 0 atom stereocenters. The summed E-state index contributed by atoms with van der Waals surface area (Å²) < 4.78 is 0. The van der Waals surface area contributed by atoms with E-state index in [2.05, 4.69) is 241 Å². The van der Waals surface area contributed by atoms with Crippen LogP contribution in [0, 0.1) is 0 Å². The third kappa shape index (κ3) is 7.14. The van der Waals surface area contributed by atoms with Crippen LogP contribution in [0.4, 0.5) is 0 Å². The molecule has 0 spiro atoms. The minimum atomic E-state index is -3.24. The second-order valence-corrected chi connectivity index (χ2v) is 23.8. The average molecular weight is 763 g/mol. The first kappa shape index (κ1) is 40.2. The molecule has 0 unspecified atom stereocenters. The fourth-order valence-electron chi connectivity index (χ4n) is 9.50. The van der Waals surface area contributed by atoms with Crippen molar-refractivity contribution in [2.75, 3.05) is 0 Å². The Hall–Kier alpha value is -4.98. The van der Waals surface area contributed by atoms with Gasteiger partial charge in [0.15, 0.2) is 8.07 Å². The van der Waals surface area contributed by atoms with Crippen LogP contribution in [0.25, 0.3) is 21.5 Å². The predicted octanol–water partition coefficient (Wildman–Crippen LogP) is 13.8. The second-order valence-electron chi connectivity index (χ2n) is 20.2. The van der Waals surface area contributed by atoms with Gasteiger partial charge in [0.25, 0.3) is 0 Å². The number of allylic oxidation sites excluding steroid dienone is 2. The number of hydrogen-bond acceptors (Lipinski definition) is 0. The van der Waals surface area contributed by atoms with Crippen molar-refractivity contribution in [2.45, 2.75) is 105 Å². The Morgan fingerprint density at radius 3 is 0.772 bits per heavy atom. The van der Waals surface area contributed by atoms with Crippen LogP contribution in [-0.2, 0) is 21.7 Å². The highest BCUT2D eigenvalue weighted by molar-refractivity contribution is 7.29. The van der Waals surface area contributed by atoms with E-state index >= 15 is 0 Å². The molecule has 1 heteroatoms. The molecule has 57 heavy (non-hydrogen) atoms. The molecule has 0 aromatic heterocycles. The molecule has 0 fully saturated rings. The van der Waals surface area contributed by atoms with Gasteiger partial charge in [0.05, 0.1) is 0 Å². The average Bonchev–Trinajstić information content (AvgIpc) is 3.49. The van der Waals surface area contributed by atoms with Gasteiger partial charge in [-0.1, -0.05) is 241 Å². The Morgan fingerprint density at radius 2 is 0.491 bits per heavy atom. The van der Waals surface area contributed by atoms with E-state index in [1.807, 2.05) is 0 Å².